The molecule has 360 valence electrons. The Kier molecular flexibility index (Phi) is 19.7. The predicted octanol–water partition coefficient (Wildman–Crippen LogP) is 2.42. The molecule has 1 unspecified atom stereocenters. The molecule has 0 spiro atoms. The van der Waals surface area contributed by atoms with Crippen LogP contribution in [0.3, 0.4) is 0 Å². The third-order valence-corrected chi connectivity index (χ3v) is 11.7. The van der Waals surface area contributed by atoms with Crippen molar-refractivity contribution in [1.29, 1.82) is 5.41 Å². The van der Waals surface area contributed by atoms with E-state index in [1.165, 1.54) is 31.7 Å². The van der Waals surface area contributed by atoms with Gasteiger partial charge in [-0.2, -0.15) is 0 Å². The second-order valence-corrected chi connectivity index (χ2v) is 16.6. The van der Waals surface area contributed by atoms with Crippen LogP contribution in [0.2, 0.25) is 0 Å². The molecule has 4 rings (SSSR count). The number of nitrogens with one attached hydrogen (secondary N) is 6. The van der Waals surface area contributed by atoms with E-state index in [-0.39, 0.29) is 48.8 Å². The number of aliphatic carboxylic acids is 2. The molecule has 0 aromatic heterocycles. The molecule has 19 nitrogen and oxygen atoms in total. The second-order valence-electron chi connectivity index (χ2n) is 16.6. The average molecular weight is 927 g/mol. The molecule has 67 heavy (non-hydrogen) atoms. The van der Waals surface area contributed by atoms with E-state index in [1.54, 1.807) is 49.6 Å². The highest BCUT2D eigenvalue weighted by atomic mass is 16.5. The van der Waals surface area contributed by atoms with Crippen LogP contribution >= 0.6 is 0 Å². The SMILES string of the molecule is C/C=C1/NC(=O)CC[C@H](C(=O)O)NC(=O)[C@@H](C)[C@H](/C=C/C(C)=C/[C@H](C)[C@H](Cc2ccccc2)OC)NC(=O)[C@H](CCCN2C(=N)N=C(c3ccccc3)C2O)NC(=O)[C@@H](C)[C@H](C(=O)O)NC1=O. The lowest BCUT2D eigenvalue weighted by molar-refractivity contribution is -0.146. The molecule has 0 bridgehead atoms. The van der Waals surface area contributed by atoms with E-state index < -0.39 is 96.5 Å². The molecule has 1 saturated heterocycles. The normalized spacial score (nSPS) is 25.7. The number of ether oxygens (including phenoxy) is 1. The second kappa shape index (κ2) is 25.1. The Morgan fingerprint density at radius 2 is 1.55 bits per heavy atom. The van der Waals surface area contributed by atoms with Crippen LogP contribution < -0.4 is 26.6 Å². The van der Waals surface area contributed by atoms with Crippen molar-refractivity contribution in [2.45, 2.75) is 103 Å². The summed E-state index contributed by atoms with van der Waals surface area (Å²) in [4.78, 5) is 98.9. The molecule has 2 aliphatic heterocycles. The summed E-state index contributed by atoms with van der Waals surface area (Å²) in [6.45, 7) is 7.90. The number of allylic oxidation sites excluding steroid dienone is 3. The Labute approximate surface area is 389 Å². The van der Waals surface area contributed by atoms with E-state index in [0.29, 0.717) is 12.0 Å². The number of nitrogens with zero attached hydrogens (tertiary/aromatic N) is 2. The highest BCUT2D eigenvalue weighted by Gasteiger charge is 2.37. The fraction of sp³-hybridized carbons (Fsp3) is 0.438. The van der Waals surface area contributed by atoms with Crippen LogP contribution in [0.15, 0.2) is 101 Å². The molecule has 2 heterocycles. The molecule has 9 N–H and O–H groups in total. The number of hydrogen-bond donors (Lipinski definition) is 9. The van der Waals surface area contributed by atoms with Gasteiger partial charge in [0.2, 0.25) is 29.6 Å². The first-order chi connectivity index (χ1) is 31.8. The lowest BCUT2D eigenvalue weighted by atomic mass is 9.94. The van der Waals surface area contributed by atoms with Gasteiger partial charge >= 0.3 is 11.9 Å². The third-order valence-electron chi connectivity index (χ3n) is 11.7. The fourth-order valence-electron chi connectivity index (χ4n) is 7.60. The summed E-state index contributed by atoms with van der Waals surface area (Å²) >= 11 is 0. The van der Waals surface area contributed by atoms with Gasteiger partial charge in [-0.3, -0.25) is 29.4 Å². The van der Waals surface area contributed by atoms with E-state index >= 15 is 0 Å². The molecular formula is C48H62N8O11. The van der Waals surface area contributed by atoms with E-state index in [2.05, 4.69) is 31.6 Å². The van der Waals surface area contributed by atoms with Crippen LogP contribution in [-0.4, -0.2) is 124 Å². The largest absolute Gasteiger partial charge is 0.480 e. The van der Waals surface area contributed by atoms with Crippen molar-refractivity contribution >= 4 is 53.1 Å². The smallest absolute Gasteiger partial charge is 0.327 e. The van der Waals surface area contributed by atoms with Crippen molar-refractivity contribution in [1.82, 2.24) is 31.5 Å². The minimum Gasteiger partial charge on any atom is -0.480 e. The highest BCUT2D eigenvalue weighted by molar-refractivity contribution is 6.13. The summed E-state index contributed by atoms with van der Waals surface area (Å²) in [5, 5.41) is 52.3. The van der Waals surface area contributed by atoms with E-state index in [9.17, 15) is 48.9 Å². The minimum atomic E-state index is -1.85. The Bertz CT molecular complexity index is 2250. The van der Waals surface area contributed by atoms with Gasteiger partial charge in [0, 0.05) is 31.6 Å². The van der Waals surface area contributed by atoms with Crippen LogP contribution in [0.4, 0.5) is 0 Å². The summed E-state index contributed by atoms with van der Waals surface area (Å²) in [7, 11) is 1.62. The summed E-state index contributed by atoms with van der Waals surface area (Å²) in [5.74, 6) is -10.4. The van der Waals surface area contributed by atoms with Gasteiger partial charge in [-0.15, -0.1) is 0 Å². The molecule has 0 radical (unpaired) electrons. The Morgan fingerprint density at radius 1 is 0.910 bits per heavy atom. The zero-order valence-electron chi connectivity index (χ0n) is 38.5. The summed E-state index contributed by atoms with van der Waals surface area (Å²) in [6.07, 6.45) is 4.63. The quantitative estimate of drug-likeness (QED) is 0.0976. The Hall–Kier alpha value is -6.99. The van der Waals surface area contributed by atoms with Crippen molar-refractivity contribution in [3.63, 3.8) is 0 Å². The van der Waals surface area contributed by atoms with Crippen molar-refractivity contribution < 1.29 is 53.6 Å². The van der Waals surface area contributed by atoms with Gasteiger partial charge in [0.05, 0.1) is 24.0 Å². The molecule has 0 aliphatic carbocycles. The number of amides is 5. The van der Waals surface area contributed by atoms with Crippen molar-refractivity contribution in [2.24, 2.45) is 22.7 Å². The lowest BCUT2D eigenvalue weighted by Gasteiger charge is -2.28. The molecule has 5 amide bonds. The van der Waals surface area contributed by atoms with Crippen molar-refractivity contribution in [3.05, 3.63) is 107 Å². The van der Waals surface area contributed by atoms with Gasteiger partial charge in [-0.1, -0.05) is 111 Å². The topological polar surface area (TPSA) is 289 Å². The summed E-state index contributed by atoms with van der Waals surface area (Å²) in [5.41, 5.74) is 2.29. The molecule has 19 heteroatoms. The predicted molar refractivity (Wildman–Crippen MR) is 248 cm³/mol. The molecule has 2 aromatic carbocycles. The van der Waals surface area contributed by atoms with Gasteiger partial charge in [0.15, 0.2) is 6.23 Å². The number of aliphatic imine (C=N–C) groups is 1. The number of guanidine groups is 1. The number of methoxy groups -OCH3 is 1. The summed E-state index contributed by atoms with van der Waals surface area (Å²) in [6, 6.07) is 12.6. The number of benzene rings is 2. The average Bonchev–Trinajstić information content (AvgIpc) is 3.59. The van der Waals surface area contributed by atoms with Gasteiger partial charge < -0.3 is 51.5 Å². The Morgan fingerprint density at radius 3 is 2.16 bits per heavy atom. The number of carbonyl (C=O) groups excluding carboxylic acids is 5. The first kappa shape index (κ1) is 52.6. The maximum Gasteiger partial charge on any atom is 0.327 e. The van der Waals surface area contributed by atoms with E-state index in [4.69, 9.17) is 10.1 Å². The maximum absolute atomic E-state index is 14.5. The minimum absolute atomic E-state index is 0.00563. The molecule has 9 atom stereocenters. The van der Waals surface area contributed by atoms with Crippen LogP contribution in [0.5, 0.6) is 0 Å². The first-order valence-electron chi connectivity index (χ1n) is 22.1. The van der Waals surface area contributed by atoms with Gasteiger partial charge in [0.1, 0.15) is 29.5 Å². The third kappa shape index (κ3) is 15.0. The number of aliphatic hydroxyl groups excluding tert-OH is 1. The molecular weight excluding hydrogens is 865 g/mol. The lowest BCUT2D eigenvalue weighted by Crippen LogP contribution is -2.56. The molecule has 0 saturated carbocycles. The number of hydrogen-bond acceptors (Lipinski definition) is 10. The number of carbonyl (C=O) groups is 7. The zero-order valence-corrected chi connectivity index (χ0v) is 38.5. The standard InChI is InChI=1S/C48H62N8O11/c1-7-33-43(60)54-39(47(65)66)30(5)42(59)52-35(19-14-24-56-45(62)40(55-48(56)49)32-17-12-9-13-18-32)44(61)51-34(29(4)41(58)53-36(46(63)64)22-23-38(57)50-33)21-20-27(2)25-28(3)37(67-6)26-31-15-10-8-11-16-31/h7-13,15-18,20-21,25,28-30,34-37,39,45,49,62H,14,19,22-24,26H2,1-6H3,(H,50,57)(H,51,61)(H,52,59)(H,53,58)(H,54,60)(H,63,64)(H,65,66)/b21-20+,27-25+,33-7+,49-48?/t28-,29-,30-,34-,35-,36+,37-,39+,45?/m0/s1. The fourth-order valence-corrected chi connectivity index (χ4v) is 7.60. The van der Waals surface area contributed by atoms with Crippen LogP contribution in [0.1, 0.15) is 71.4 Å². The number of carboxylic acid groups (broad SMARTS) is 2. The maximum atomic E-state index is 14.5. The van der Waals surface area contributed by atoms with Crippen LogP contribution in [-0.2, 0) is 44.7 Å². The van der Waals surface area contributed by atoms with E-state index in [1.807, 2.05) is 50.3 Å². The van der Waals surface area contributed by atoms with Crippen molar-refractivity contribution in [3.8, 4) is 0 Å². The Balaban J connectivity index is 1.70. The van der Waals surface area contributed by atoms with Gasteiger partial charge in [0.25, 0.3) is 5.91 Å². The number of aliphatic hydroxyl groups is 1. The van der Waals surface area contributed by atoms with Gasteiger partial charge in [-0.25, -0.2) is 14.6 Å². The van der Waals surface area contributed by atoms with Crippen LogP contribution in [0.25, 0.3) is 0 Å². The zero-order chi connectivity index (χ0) is 49.4. The highest BCUT2D eigenvalue weighted by Crippen LogP contribution is 2.20. The van der Waals surface area contributed by atoms with Crippen molar-refractivity contribution in [2.75, 3.05) is 13.7 Å². The first-order valence-corrected chi connectivity index (χ1v) is 22.1. The monoisotopic (exact) mass is 926 g/mol. The molecule has 1 fully saturated rings. The number of carboxylic acids is 2. The van der Waals surface area contributed by atoms with Crippen LogP contribution in [0, 0.1) is 23.2 Å². The van der Waals surface area contributed by atoms with E-state index in [0.717, 1.165) is 11.1 Å². The van der Waals surface area contributed by atoms with Gasteiger partial charge in [-0.05, 0) is 45.1 Å². The number of rotatable bonds is 14. The molecule has 2 aromatic rings. The summed E-state index contributed by atoms with van der Waals surface area (Å²) < 4.78 is 5.82. The molecule has 2 aliphatic rings.